The average molecular weight is 226 g/mol. The van der Waals surface area contributed by atoms with Crippen molar-refractivity contribution in [3.63, 3.8) is 0 Å². The average Bonchev–Trinajstić information content (AvgIpc) is 2.05. The quantitative estimate of drug-likeness (QED) is 0.571. The Balaban J connectivity index is 2.36. The molecule has 1 aliphatic carbocycles. The molecular formula is C13H26OSi. The van der Waals surface area contributed by atoms with E-state index in [4.69, 9.17) is 0 Å². The van der Waals surface area contributed by atoms with Crippen LogP contribution in [0.15, 0.2) is 12.2 Å². The summed E-state index contributed by atoms with van der Waals surface area (Å²) in [5.74, 6) is 0.502. The molecule has 2 heteroatoms. The molecule has 1 fully saturated rings. The maximum absolute atomic E-state index is 9.89. The van der Waals surface area contributed by atoms with Gasteiger partial charge in [0.15, 0.2) is 0 Å². The van der Waals surface area contributed by atoms with Gasteiger partial charge in [-0.3, -0.25) is 0 Å². The van der Waals surface area contributed by atoms with Gasteiger partial charge in [-0.05, 0) is 31.2 Å². The summed E-state index contributed by atoms with van der Waals surface area (Å²) in [5.41, 5.74) is 1.38. The van der Waals surface area contributed by atoms with Gasteiger partial charge >= 0.3 is 0 Å². The Bertz CT molecular complexity index is 217. The lowest BCUT2D eigenvalue weighted by Crippen LogP contribution is -2.26. The maximum Gasteiger partial charge on any atom is 0.0571 e. The summed E-state index contributed by atoms with van der Waals surface area (Å²) in [7, 11) is -1.01. The van der Waals surface area contributed by atoms with Crippen LogP contribution in [0.3, 0.4) is 0 Å². The summed E-state index contributed by atoms with van der Waals surface area (Å²) in [4.78, 5) is 0. The number of hydrogen-bond donors (Lipinski definition) is 1. The minimum absolute atomic E-state index is 0.0582. The lowest BCUT2D eigenvalue weighted by molar-refractivity contribution is 0.0700. The van der Waals surface area contributed by atoms with Crippen LogP contribution in [-0.4, -0.2) is 19.3 Å². The van der Waals surface area contributed by atoms with Gasteiger partial charge in [-0.15, -0.1) is 6.58 Å². The molecule has 0 spiro atoms. The van der Waals surface area contributed by atoms with Crippen LogP contribution in [0, 0.1) is 5.92 Å². The molecule has 0 aromatic carbocycles. The second-order valence-electron chi connectivity index (χ2n) is 6.30. The molecule has 15 heavy (non-hydrogen) atoms. The molecule has 0 aliphatic heterocycles. The summed E-state index contributed by atoms with van der Waals surface area (Å²) in [6.07, 6.45) is 5.71. The van der Waals surface area contributed by atoms with Crippen molar-refractivity contribution in [2.45, 2.75) is 63.9 Å². The number of hydrogen-bond acceptors (Lipinski definition) is 1. The lowest BCUT2D eigenvalue weighted by atomic mass is 9.83. The van der Waals surface area contributed by atoms with Crippen LogP contribution in [0.4, 0.5) is 0 Å². The van der Waals surface area contributed by atoms with E-state index in [-0.39, 0.29) is 6.10 Å². The van der Waals surface area contributed by atoms with Crippen molar-refractivity contribution in [3.05, 3.63) is 12.2 Å². The van der Waals surface area contributed by atoms with Crippen molar-refractivity contribution in [1.82, 2.24) is 0 Å². The van der Waals surface area contributed by atoms with Crippen LogP contribution >= 0.6 is 0 Å². The number of rotatable bonds is 4. The van der Waals surface area contributed by atoms with Crippen LogP contribution in [-0.2, 0) is 0 Å². The van der Waals surface area contributed by atoms with Gasteiger partial charge in [-0.25, -0.2) is 0 Å². The van der Waals surface area contributed by atoms with Crippen LogP contribution < -0.4 is 0 Å². The van der Waals surface area contributed by atoms with E-state index in [1.165, 1.54) is 30.9 Å². The smallest absolute Gasteiger partial charge is 0.0571 e. The number of allylic oxidation sites excluding steroid dienone is 1. The highest BCUT2D eigenvalue weighted by Gasteiger charge is 2.24. The van der Waals surface area contributed by atoms with Crippen molar-refractivity contribution < 1.29 is 5.11 Å². The third kappa shape index (κ3) is 4.98. The molecule has 2 atom stereocenters. The molecule has 1 rings (SSSR count). The molecule has 1 N–H and O–H groups in total. The highest BCUT2D eigenvalue weighted by Crippen LogP contribution is 2.31. The van der Waals surface area contributed by atoms with Gasteiger partial charge in [-0.2, -0.15) is 0 Å². The van der Waals surface area contributed by atoms with Gasteiger partial charge in [0.05, 0.1) is 6.10 Å². The molecule has 0 saturated heterocycles. The first-order valence-electron chi connectivity index (χ1n) is 6.23. The predicted octanol–water partition coefficient (Wildman–Crippen LogP) is 3.82. The second-order valence-corrected chi connectivity index (χ2v) is 11.8. The third-order valence-electron chi connectivity index (χ3n) is 3.20. The normalized spacial score (nSPS) is 27.7. The van der Waals surface area contributed by atoms with Crippen LogP contribution in [0.1, 0.15) is 32.1 Å². The minimum Gasteiger partial charge on any atom is -0.393 e. The van der Waals surface area contributed by atoms with Gasteiger partial charge < -0.3 is 5.11 Å². The fraction of sp³-hybridized carbons (Fsp3) is 0.846. The Morgan fingerprint density at radius 3 is 2.40 bits per heavy atom. The molecule has 0 aromatic rings. The minimum atomic E-state index is -1.01. The largest absolute Gasteiger partial charge is 0.393 e. The Labute approximate surface area is 95.6 Å². The maximum atomic E-state index is 9.89. The van der Waals surface area contributed by atoms with E-state index in [1.54, 1.807) is 0 Å². The third-order valence-corrected chi connectivity index (χ3v) is 4.76. The number of aliphatic hydroxyl groups is 1. The van der Waals surface area contributed by atoms with E-state index in [0.29, 0.717) is 5.92 Å². The molecule has 0 bridgehead atoms. The Morgan fingerprint density at radius 1 is 1.27 bits per heavy atom. The zero-order valence-electron chi connectivity index (χ0n) is 10.6. The zero-order chi connectivity index (χ0) is 11.5. The molecule has 0 amide bonds. The Hall–Kier alpha value is -0.0831. The van der Waals surface area contributed by atoms with Crippen LogP contribution in [0.5, 0.6) is 0 Å². The summed E-state index contributed by atoms with van der Waals surface area (Å²) >= 11 is 0. The highest BCUT2D eigenvalue weighted by molar-refractivity contribution is 6.76. The van der Waals surface area contributed by atoms with Gasteiger partial charge in [0, 0.05) is 8.07 Å². The van der Waals surface area contributed by atoms with Crippen LogP contribution in [0.2, 0.25) is 25.7 Å². The van der Waals surface area contributed by atoms with Crippen molar-refractivity contribution in [3.8, 4) is 0 Å². The second kappa shape index (κ2) is 5.31. The van der Waals surface area contributed by atoms with Gasteiger partial charge in [0.1, 0.15) is 0 Å². The van der Waals surface area contributed by atoms with Crippen molar-refractivity contribution in [2.24, 2.45) is 5.92 Å². The lowest BCUT2D eigenvalue weighted by Gasteiger charge is -2.29. The monoisotopic (exact) mass is 226 g/mol. The van der Waals surface area contributed by atoms with Gasteiger partial charge in [-0.1, -0.05) is 38.1 Å². The van der Waals surface area contributed by atoms with E-state index >= 15 is 0 Å². The molecule has 0 radical (unpaired) electrons. The van der Waals surface area contributed by atoms with Crippen molar-refractivity contribution in [1.29, 1.82) is 0 Å². The zero-order valence-corrected chi connectivity index (χ0v) is 11.6. The molecule has 0 aromatic heterocycles. The van der Waals surface area contributed by atoms with E-state index in [0.717, 1.165) is 12.8 Å². The molecule has 0 unspecified atom stereocenters. The molecule has 0 heterocycles. The van der Waals surface area contributed by atoms with Gasteiger partial charge in [0.2, 0.25) is 0 Å². The standard InChI is InChI=1S/C13H26OSi/c1-11(10-15(2,3)4)9-12-7-5-6-8-13(12)14/h12-14H,1,5-10H2,2-4H3/t12-,13+/m0/s1. The molecule has 1 aliphatic rings. The summed E-state index contributed by atoms with van der Waals surface area (Å²) in [5, 5.41) is 9.89. The summed E-state index contributed by atoms with van der Waals surface area (Å²) < 4.78 is 0. The first-order chi connectivity index (χ1) is 6.88. The first kappa shape index (κ1) is 13.0. The first-order valence-corrected chi connectivity index (χ1v) is 9.94. The fourth-order valence-electron chi connectivity index (χ4n) is 2.62. The Morgan fingerprint density at radius 2 is 1.87 bits per heavy atom. The fourth-order valence-corrected chi connectivity index (χ4v) is 4.26. The Kier molecular flexibility index (Phi) is 4.59. The SMILES string of the molecule is C=C(C[C@@H]1CCCC[C@H]1O)C[Si](C)(C)C. The van der Waals surface area contributed by atoms with Crippen molar-refractivity contribution in [2.75, 3.05) is 0 Å². The van der Waals surface area contributed by atoms with E-state index in [9.17, 15) is 5.11 Å². The highest BCUT2D eigenvalue weighted by atomic mass is 28.3. The molecule has 88 valence electrons. The summed E-state index contributed by atoms with van der Waals surface area (Å²) in [6.45, 7) is 11.3. The molecule has 1 saturated carbocycles. The molecular weight excluding hydrogens is 200 g/mol. The topological polar surface area (TPSA) is 20.2 Å². The predicted molar refractivity (Wildman–Crippen MR) is 69.9 cm³/mol. The van der Waals surface area contributed by atoms with E-state index in [1.807, 2.05) is 0 Å². The van der Waals surface area contributed by atoms with Gasteiger partial charge in [0.25, 0.3) is 0 Å². The number of aliphatic hydroxyl groups excluding tert-OH is 1. The molecule has 1 nitrogen and oxygen atoms in total. The van der Waals surface area contributed by atoms with Crippen LogP contribution in [0.25, 0.3) is 0 Å². The van der Waals surface area contributed by atoms with E-state index in [2.05, 4.69) is 26.2 Å². The summed E-state index contributed by atoms with van der Waals surface area (Å²) in [6, 6.07) is 1.22. The van der Waals surface area contributed by atoms with Crippen molar-refractivity contribution >= 4 is 8.07 Å². The van der Waals surface area contributed by atoms with E-state index < -0.39 is 8.07 Å².